The molecule has 0 saturated heterocycles. The van der Waals surface area contributed by atoms with Crippen molar-refractivity contribution in [1.29, 1.82) is 0 Å². The monoisotopic (exact) mass is 338 g/mol. The molecular formula is C17H14N4O2S. The van der Waals surface area contributed by atoms with E-state index in [2.05, 4.69) is 15.8 Å². The highest BCUT2D eigenvalue weighted by Gasteiger charge is 2.09. The van der Waals surface area contributed by atoms with E-state index < -0.39 is 5.91 Å². The number of nitrogens with one attached hydrogen (secondary N) is 2. The van der Waals surface area contributed by atoms with Crippen molar-refractivity contribution < 1.29 is 9.21 Å². The van der Waals surface area contributed by atoms with Crippen molar-refractivity contribution in [2.75, 3.05) is 5.32 Å². The molecule has 3 aromatic rings. The summed E-state index contributed by atoms with van der Waals surface area (Å²) < 4.78 is 5.64. The van der Waals surface area contributed by atoms with Gasteiger partial charge < -0.3 is 15.5 Å². The minimum absolute atomic E-state index is 0.0680. The van der Waals surface area contributed by atoms with Gasteiger partial charge in [-0.1, -0.05) is 36.4 Å². The number of fused-ring (bicyclic) bond motifs is 1. The zero-order valence-corrected chi connectivity index (χ0v) is 13.3. The van der Waals surface area contributed by atoms with Crippen LogP contribution in [-0.2, 0) is 0 Å². The average Bonchev–Trinajstić information content (AvgIpc) is 2.60. The molecular weight excluding hydrogens is 324 g/mol. The lowest BCUT2D eigenvalue weighted by Gasteiger charge is -2.06. The molecule has 7 heteroatoms. The Morgan fingerprint density at radius 2 is 1.79 bits per heavy atom. The normalized spacial score (nSPS) is 11.2. The van der Waals surface area contributed by atoms with Gasteiger partial charge in [-0.25, -0.2) is 5.43 Å². The van der Waals surface area contributed by atoms with E-state index in [1.54, 1.807) is 12.1 Å². The lowest BCUT2D eigenvalue weighted by Crippen LogP contribution is -2.29. The molecule has 0 spiro atoms. The maximum atomic E-state index is 11.6. The second kappa shape index (κ2) is 6.93. The predicted molar refractivity (Wildman–Crippen MR) is 96.1 cm³/mol. The second-order valence-corrected chi connectivity index (χ2v) is 5.32. The Morgan fingerprint density at radius 3 is 2.54 bits per heavy atom. The molecule has 0 radical (unpaired) electrons. The van der Waals surface area contributed by atoms with Crippen molar-refractivity contribution in [3.63, 3.8) is 0 Å². The van der Waals surface area contributed by atoms with Gasteiger partial charge in [-0.15, -0.1) is 5.10 Å². The van der Waals surface area contributed by atoms with Crippen molar-refractivity contribution in [3.8, 4) is 0 Å². The third-order valence-corrected chi connectivity index (χ3v) is 3.41. The number of primary amides is 1. The zero-order chi connectivity index (χ0) is 16.9. The van der Waals surface area contributed by atoms with E-state index in [-0.39, 0.29) is 16.2 Å². The van der Waals surface area contributed by atoms with Crippen LogP contribution in [0.5, 0.6) is 0 Å². The summed E-state index contributed by atoms with van der Waals surface area (Å²) in [6.45, 7) is 0. The lowest BCUT2D eigenvalue weighted by atomic mass is 10.2. The van der Waals surface area contributed by atoms with Gasteiger partial charge in [0, 0.05) is 11.1 Å². The molecule has 1 heterocycles. The van der Waals surface area contributed by atoms with Crippen molar-refractivity contribution in [3.05, 3.63) is 71.8 Å². The van der Waals surface area contributed by atoms with Gasteiger partial charge >= 0.3 is 0 Å². The molecule has 0 atom stereocenters. The first kappa shape index (κ1) is 15.7. The summed E-state index contributed by atoms with van der Waals surface area (Å²) in [4.78, 5) is 11.6. The zero-order valence-electron chi connectivity index (χ0n) is 12.5. The highest BCUT2D eigenvalue weighted by atomic mass is 32.1. The molecule has 1 amide bonds. The van der Waals surface area contributed by atoms with E-state index in [4.69, 9.17) is 22.4 Å². The number of nitrogens with zero attached hydrogens (tertiary/aromatic N) is 1. The number of thiocarbonyl (C=S) groups is 1. The minimum atomic E-state index is -0.632. The van der Waals surface area contributed by atoms with Gasteiger partial charge in [0.1, 0.15) is 11.1 Å². The Bertz CT molecular complexity index is 967. The summed E-state index contributed by atoms with van der Waals surface area (Å²) in [6.07, 6.45) is 0. The number of carbonyl (C=O) groups is 1. The number of nitrogens with two attached hydrogens (primary N) is 1. The van der Waals surface area contributed by atoms with Crippen LogP contribution in [0.25, 0.3) is 11.0 Å². The van der Waals surface area contributed by atoms with Crippen LogP contribution in [0.4, 0.5) is 5.69 Å². The Balaban J connectivity index is 1.89. The molecule has 0 unspecified atom stereocenters. The second-order valence-electron chi connectivity index (χ2n) is 4.91. The van der Waals surface area contributed by atoms with E-state index in [1.807, 2.05) is 48.5 Å². The molecule has 2 aromatic carbocycles. The average molecular weight is 338 g/mol. The van der Waals surface area contributed by atoms with Crippen molar-refractivity contribution in [2.24, 2.45) is 10.8 Å². The number of anilines is 1. The Labute approximate surface area is 143 Å². The van der Waals surface area contributed by atoms with Gasteiger partial charge in [-0.3, -0.25) is 4.79 Å². The van der Waals surface area contributed by atoms with E-state index in [9.17, 15) is 4.79 Å². The van der Waals surface area contributed by atoms with E-state index in [0.717, 1.165) is 11.1 Å². The number of amides is 1. The smallest absolute Gasteiger partial charge is 0.254 e. The summed E-state index contributed by atoms with van der Waals surface area (Å²) >= 11 is 5.17. The Hall–Kier alpha value is -3.19. The van der Waals surface area contributed by atoms with Gasteiger partial charge in [0.2, 0.25) is 5.55 Å². The van der Waals surface area contributed by atoms with Crippen molar-refractivity contribution in [1.82, 2.24) is 5.43 Å². The molecule has 0 aliphatic heterocycles. The molecule has 4 N–H and O–H groups in total. The standard InChI is InChI=1S/C17H14N4O2S/c18-15(22)13-10-11-6-4-5-9-14(11)23-16(13)20-21-17(24)19-12-7-2-1-3-8-12/h1-10H,(H2,18,22)(H2,19,21,24). The fourth-order valence-corrected chi connectivity index (χ4v) is 2.27. The molecule has 120 valence electrons. The number of hydrogen-bond acceptors (Lipinski definition) is 4. The number of hydrogen-bond donors (Lipinski definition) is 3. The van der Waals surface area contributed by atoms with Gasteiger partial charge in [0.15, 0.2) is 5.11 Å². The SMILES string of the molecule is NC(=O)c1cc2ccccc2oc1=NNC(=S)Nc1ccccc1. The molecule has 24 heavy (non-hydrogen) atoms. The number of carbonyl (C=O) groups excluding carboxylic acids is 1. The van der Waals surface area contributed by atoms with Crippen LogP contribution >= 0.6 is 12.2 Å². The number of benzene rings is 2. The summed E-state index contributed by atoms with van der Waals surface area (Å²) in [5.41, 5.74) is 9.69. The number of rotatable bonds is 3. The summed E-state index contributed by atoms with van der Waals surface area (Å²) in [7, 11) is 0. The molecule has 3 rings (SSSR count). The Kier molecular flexibility index (Phi) is 4.53. The van der Waals surface area contributed by atoms with Crippen LogP contribution in [0.3, 0.4) is 0 Å². The first-order chi connectivity index (χ1) is 11.6. The molecule has 0 aliphatic carbocycles. The van der Waals surface area contributed by atoms with E-state index in [0.29, 0.717) is 5.58 Å². The van der Waals surface area contributed by atoms with Crippen LogP contribution in [0.1, 0.15) is 10.4 Å². The van der Waals surface area contributed by atoms with Crippen molar-refractivity contribution in [2.45, 2.75) is 0 Å². The predicted octanol–water partition coefficient (Wildman–Crippen LogP) is 2.33. The van der Waals surface area contributed by atoms with Gasteiger partial charge in [0.05, 0.1) is 0 Å². The number of para-hydroxylation sites is 2. The fourth-order valence-electron chi connectivity index (χ4n) is 2.11. The first-order valence-electron chi connectivity index (χ1n) is 7.12. The van der Waals surface area contributed by atoms with Gasteiger partial charge in [-0.2, -0.15) is 0 Å². The lowest BCUT2D eigenvalue weighted by molar-refractivity contribution is 0.0996. The highest BCUT2D eigenvalue weighted by Crippen LogP contribution is 2.12. The molecule has 0 aliphatic rings. The third-order valence-electron chi connectivity index (χ3n) is 3.21. The summed E-state index contributed by atoms with van der Waals surface area (Å²) in [5, 5.41) is 8.04. The minimum Gasteiger partial charge on any atom is -0.436 e. The van der Waals surface area contributed by atoms with E-state index >= 15 is 0 Å². The van der Waals surface area contributed by atoms with Gasteiger partial charge in [-0.05, 0) is 36.5 Å². The molecule has 0 fully saturated rings. The maximum Gasteiger partial charge on any atom is 0.254 e. The largest absolute Gasteiger partial charge is 0.436 e. The molecule has 0 saturated carbocycles. The maximum absolute atomic E-state index is 11.6. The fraction of sp³-hybridized carbons (Fsp3) is 0. The topological polar surface area (TPSA) is 92.7 Å². The summed E-state index contributed by atoms with van der Waals surface area (Å²) in [5.74, 6) is -0.632. The van der Waals surface area contributed by atoms with Crippen LogP contribution < -0.4 is 22.0 Å². The summed E-state index contributed by atoms with van der Waals surface area (Å²) in [6, 6.07) is 18.3. The quantitative estimate of drug-likeness (QED) is 0.503. The highest BCUT2D eigenvalue weighted by molar-refractivity contribution is 7.80. The first-order valence-corrected chi connectivity index (χ1v) is 7.53. The molecule has 6 nitrogen and oxygen atoms in total. The van der Waals surface area contributed by atoms with Crippen molar-refractivity contribution >= 4 is 39.9 Å². The molecule has 1 aromatic heterocycles. The molecule has 0 bridgehead atoms. The van der Waals surface area contributed by atoms with Crippen LogP contribution in [-0.4, -0.2) is 11.0 Å². The van der Waals surface area contributed by atoms with Crippen LogP contribution in [0, 0.1) is 0 Å². The van der Waals surface area contributed by atoms with Gasteiger partial charge in [0.25, 0.3) is 5.91 Å². The Morgan fingerprint density at radius 1 is 1.08 bits per heavy atom. The third kappa shape index (κ3) is 3.58. The van der Waals surface area contributed by atoms with Crippen LogP contribution in [0.15, 0.2) is 70.2 Å². The van der Waals surface area contributed by atoms with E-state index in [1.165, 1.54) is 0 Å². The van der Waals surface area contributed by atoms with Crippen LogP contribution in [0.2, 0.25) is 0 Å².